The van der Waals surface area contributed by atoms with E-state index in [0.29, 0.717) is 0 Å². The van der Waals surface area contributed by atoms with Crippen LogP contribution in [0.2, 0.25) is 0 Å². The Labute approximate surface area is 55.5 Å². The van der Waals surface area contributed by atoms with Crippen LogP contribution < -0.4 is 10.6 Å². The maximum Gasteiger partial charge on any atom is 0.104 e. The topological polar surface area (TPSA) is 44.3 Å². The number of hydrogen-bond acceptors (Lipinski definition) is 3. The smallest absolute Gasteiger partial charge is 0.104 e. The summed E-state index contributed by atoms with van der Waals surface area (Å²) in [6.45, 7) is 3.42. The van der Waals surface area contributed by atoms with Gasteiger partial charge in [-0.05, 0) is 14.0 Å². The number of aliphatic hydroxyl groups is 1. The molecule has 3 N–H and O–H groups in total. The van der Waals surface area contributed by atoms with Crippen molar-refractivity contribution in [3.8, 4) is 0 Å². The van der Waals surface area contributed by atoms with E-state index in [0.717, 1.165) is 13.1 Å². The molecule has 0 aliphatic carbocycles. The molecule has 0 saturated carbocycles. The number of nitrogens with one attached hydrogen (secondary N) is 2. The minimum atomic E-state index is -0.491. The maximum absolute atomic E-state index is 9.55. The van der Waals surface area contributed by atoms with E-state index in [4.69, 9.17) is 0 Å². The molecule has 0 bridgehead atoms. The Kier molecular flexibility index (Phi) is 1.75. The van der Waals surface area contributed by atoms with Crippen LogP contribution in [0.15, 0.2) is 0 Å². The minimum absolute atomic E-state index is 0.193. The average molecular weight is 130 g/mol. The molecular formula is C6H14N2O. The zero-order valence-electron chi connectivity index (χ0n) is 5.94. The number of hydrogen-bond donors (Lipinski definition) is 3. The van der Waals surface area contributed by atoms with Gasteiger partial charge in [0.2, 0.25) is 0 Å². The predicted molar refractivity (Wildman–Crippen MR) is 36.3 cm³/mol. The first-order chi connectivity index (χ1) is 4.19. The SMILES string of the molecule is CN[C@@H](C)C1(O)CNC1. The van der Waals surface area contributed by atoms with Crippen LogP contribution in [-0.2, 0) is 0 Å². The van der Waals surface area contributed by atoms with Crippen molar-refractivity contribution in [1.29, 1.82) is 0 Å². The van der Waals surface area contributed by atoms with Crippen LogP contribution in [0.1, 0.15) is 6.92 Å². The van der Waals surface area contributed by atoms with Gasteiger partial charge in [-0.2, -0.15) is 0 Å². The van der Waals surface area contributed by atoms with E-state index in [-0.39, 0.29) is 6.04 Å². The van der Waals surface area contributed by atoms with Gasteiger partial charge in [-0.15, -0.1) is 0 Å². The first-order valence-corrected chi connectivity index (χ1v) is 3.29. The molecular weight excluding hydrogens is 116 g/mol. The molecule has 0 radical (unpaired) electrons. The standard InChI is InChI=1S/C6H14N2O/c1-5(7-2)6(9)3-8-4-6/h5,7-9H,3-4H2,1-2H3/t5-/m0/s1. The molecule has 1 heterocycles. The van der Waals surface area contributed by atoms with Gasteiger partial charge in [0, 0.05) is 19.1 Å². The van der Waals surface area contributed by atoms with Crippen LogP contribution in [0.25, 0.3) is 0 Å². The number of likely N-dealkylation sites (N-methyl/N-ethyl adjacent to an activating group) is 1. The average Bonchev–Trinajstić information content (AvgIpc) is 1.81. The van der Waals surface area contributed by atoms with Gasteiger partial charge in [0.05, 0.1) is 0 Å². The highest BCUT2D eigenvalue weighted by molar-refractivity contribution is 4.99. The van der Waals surface area contributed by atoms with E-state index in [1.165, 1.54) is 0 Å². The summed E-state index contributed by atoms with van der Waals surface area (Å²) in [5, 5.41) is 15.6. The maximum atomic E-state index is 9.55. The Hall–Kier alpha value is -0.120. The van der Waals surface area contributed by atoms with Gasteiger partial charge in [-0.25, -0.2) is 0 Å². The Morgan fingerprint density at radius 2 is 2.22 bits per heavy atom. The number of rotatable bonds is 2. The summed E-state index contributed by atoms with van der Waals surface area (Å²) in [4.78, 5) is 0. The second-order valence-corrected chi connectivity index (χ2v) is 2.72. The third kappa shape index (κ3) is 1.08. The molecule has 54 valence electrons. The Morgan fingerprint density at radius 1 is 1.67 bits per heavy atom. The lowest BCUT2D eigenvalue weighted by Gasteiger charge is -2.42. The summed E-state index contributed by atoms with van der Waals surface area (Å²) in [6, 6.07) is 0.193. The molecule has 1 aliphatic rings. The lowest BCUT2D eigenvalue weighted by molar-refractivity contribution is -0.0358. The largest absolute Gasteiger partial charge is 0.386 e. The van der Waals surface area contributed by atoms with E-state index in [1.54, 1.807) is 0 Å². The fourth-order valence-electron chi connectivity index (χ4n) is 0.956. The minimum Gasteiger partial charge on any atom is -0.386 e. The molecule has 0 spiro atoms. The Balaban J connectivity index is 2.38. The van der Waals surface area contributed by atoms with Crippen molar-refractivity contribution in [1.82, 2.24) is 10.6 Å². The van der Waals surface area contributed by atoms with E-state index >= 15 is 0 Å². The molecule has 1 fully saturated rings. The summed E-state index contributed by atoms with van der Waals surface area (Å²) >= 11 is 0. The van der Waals surface area contributed by atoms with Crippen molar-refractivity contribution < 1.29 is 5.11 Å². The third-order valence-electron chi connectivity index (χ3n) is 2.10. The molecule has 0 aromatic carbocycles. The van der Waals surface area contributed by atoms with Gasteiger partial charge in [0.1, 0.15) is 5.60 Å². The van der Waals surface area contributed by atoms with E-state index in [1.807, 2.05) is 14.0 Å². The van der Waals surface area contributed by atoms with Crippen LogP contribution in [-0.4, -0.2) is 36.9 Å². The van der Waals surface area contributed by atoms with Gasteiger partial charge in [0.15, 0.2) is 0 Å². The first-order valence-electron chi connectivity index (χ1n) is 3.29. The summed E-state index contributed by atoms with van der Waals surface area (Å²) in [7, 11) is 1.86. The summed E-state index contributed by atoms with van der Waals surface area (Å²) in [6.07, 6.45) is 0. The predicted octanol–water partition coefficient (Wildman–Crippen LogP) is -1.07. The van der Waals surface area contributed by atoms with E-state index < -0.39 is 5.60 Å². The van der Waals surface area contributed by atoms with E-state index in [2.05, 4.69) is 10.6 Å². The summed E-state index contributed by atoms with van der Waals surface area (Å²) < 4.78 is 0. The van der Waals surface area contributed by atoms with Crippen molar-refractivity contribution in [2.75, 3.05) is 20.1 Å². The van der Waals surface area contributed by atoms with Crippen molar-refractivity contribution in [2.45, 2.75) is 18.6 Å². The van der Waals surface area contributed by atoms with Crippen LogP contribution in [0.4, 0.5) is 0 Å². The fraction of sp³-hybridized carbons (Fsp3) is 1.00. The first kappa shape index (κ1) is 6.99. The molecule has 0 unspecified atom stereocenters. The molecule has 1 aliphatic heterocycles. The van der Waals surface area contributed by atoms with Crippen LogP contribution in [0.3, 0.4) is 0 Å². The molecule has 1 atom stereocenters. The van der Waals surface area contributed by atoms with Crippen molar-refractivity contribution in [3.63, 3.8) is 0 Å². The molecule has 3 nitrogen and oxygen atoms in total. The lowest BCUT2D eigenvalue weighted by atomic mass is 9.89. The molecule has 9 heavy (non-hydrogen) atoms. The summed E-state index contributed by atoms with van der Waals surface area (Å²) in [5.74, 6) is 0. The highest BCUT2D eigenvalue weighted by atomic mass is 16.3. The number of β-amino-alcohol motifs (C(OH)–C–C–N with tert-alkyl or cyclic N) is 1. The third-order valence-corrected chi connectivity index (χ3v) is 2.10. The van der Waals surface area contributed by atoms with Gasteiger partial charge < -0.3 is 15.7 Å². The summed E-state index contributed by atoms with van der Waals surface area (Å²) in [5.41, 5.74) is -0.491. The Bertz CT molecular complexity index is 101. The van der Waals surface area contributed by atoms with E-state index in [9.17, 15) is 5.11 Å². The molecule has 0 aromatic rings. The van der Waals surface area contributed by atoms with Gasteiger partial charge in [-0.3, -0.25) is 0 Å². The fourth-order valence-corrected chi connectivity index (χ4v) is 0.956. The van der Waals surface area contributed by atoms with Crippen LogP contribution in [0, 0.1) is 0 Å². The van der Waals surface area contributed by atoms with Crippen LogP contribution in [0.5, 0.6) is 0 Å². The zero-order valence-corrected chi connectivity index (χ0v) is 5.94. The van der Waals surface area contributed by atoms with Crippen molar-refractivity contribution in [3.05, 3.63) is 0 Å². The monoisotopic (exact) mass is 130 g/mol. The molecule has 3 heteroatoms. The highest BCUT2D eigenvalue weighted by Crippen LogP contribution is 2.14. The molecule has 1 rings (SSSR count). The zero-order chi connectivity index (χ0) is 6.91. The van der Waals surface area contributed by atoms with Crippen molar-refractivity contribution in [2.24, 2.45) is 0 Å². The highest BCUT2D eigenvalue weighted by Gasteiger charge is 2.38. The van der Waals surface area contributed by atoms with Gasteiger partial charge in [-0.1, -0.05) is 0 Å². The Morgan fingerprint density at radius 3 is 2.33 bits per heavy atom. The molecule has 0 aromatic heterocycles. The quantitative estimate of drug-likeness (QED) is 0.446. The van der Waals surface area contributed by atoms with Gasteiger partial charge >= 0.3 is 0 Å². The van der Waals surface area contributed by atoms with Gasteiger partial charge in [0.25, 0.3) is 0 Å². The second-order valence-electron chi connectivity index (χ2n) is 2.72. The normalized spacial score (nSPS) is 27.0. The lowest BCUT2D eigenvalue weighted by Crippen LogP contribution is -2.67. The molecule has 0 amide bonds. The molecule has 1 saturated heterocycles. The van der Waals surface area contributed by atoms with Crippen molar-refractivity contribution >= 4 is 0 Å². The van der Waals surface area contributed by atoms with Crippen LogP contribution >= 0.6 is 0 Å². The second kappa shape index (κ2) is 2.25.